The predicted molar refractivity (Wildman–Crippen MR) is 93.4 cm³/mol. The average molecular weight is 334 g/mol. The normalized spacial score (nSPS) is 14.5. The van der Waals surface area contributed by atoms with Crippen molar-refractivity contribution in [3.05, 3.63) is 24.3 Å². The van der Waals surface area contributed by atoms with E-state index in [0.29, 0.717) is 26.2 Å². The van der Waals surface area contributed by atoms with E-state index in [1.807, 2.05) is 31.3 Å². The summed E-state index contributed by atoms with van der Waals surface area (Å²) in [6, 6.07) is 7.80. The van der Waals surface area contributed by atoms with Gasteiger partial charge in [0.15, 0.2) is 0 Å². The van der Waals surface area contributed by atoms with Gasteiger partial charge in [-0.2, -0.15) is 0 Å². The number of hydrogen-bond donors (Lipinski definition) is 1. The van der Waals surface area contributed by atoms with E-state index in [2.05, 4.69) is 10.2 Å². The third-order valence-electron chi connectivity index (χ3n) is 4.22. The molecule has 132 valence electrons. The van der Waals surface area contributed by atoms with Gasteiger partial charge in [-0.3, -0.25) is 9.59 Å². The highest BCUT2D eigenvalue weighted by Crippen LogP contribution is 2.17. The van der Waals surface area contributed by atoms with Gasteiger partial charge in [-0.1, -0.05) is 0 Å². The summed E-state index contributed by atoms with van der Waals surface area (Å²) in [6.07, 6.45) is 0. The van der Waals surface area contributed by atoms with Crippen LogP contribution in [0.15, 0.2) is 24.3 Å². The lowest BCUT2D eigenvalue weighted by atomic mass is 10.3. The molecule has 0 saturated carbocycles. The molecule has 7 heteroatoms. The van der Waals surface area contributed by atoms with Gasteiger partial charge in [-0.15, -0.1) is 0 Å². The van der Waals surface area contributed by atoms with Crippen molar-refractivity contribution in [1.29, 1.82) is 0 Å². The molecule has 0 bridgehead atoms. The van der Waals surface area contributed by atoms with Gasteiger partial charge in [-0.05, 0) is 24.3 Å². The van der Waals surface area contributed by atoms with Gasteiger partial charge >= 0.3 is 0 Å². The van der Waals surface area contributed by atoms with Gasteiger partial charge in [0.05, 0.1) is 20.2 Å². The molecule has 1 fully saturated rings. The maximum absolute atomic E-state index is 12.3. The minimum atomic E-state index is -0.0339. The van der Waals surface area contributed by atoms with Crippen molar-refractivity contribution in [2.24, 2.45) is 0 Å². The minimum absolute atomic E-state index is 0.0154. The number of nitrogens with one attached hydrogen (secondary N) is 1. The van der Waals surface area contributed by atoms with Crippen molar-refractivity contribution in [3.8, 4) is 5.75 Å². The van der Waals surface area contributed by atoms with E-state index in [4.69, 9.17) is 4.74 Å². The SMILES string of the molecule is COc1ccc(N(C)CCN(C)C(=O)CN2CCNCC2=O)cc1. The van der Waals surface area contributed by atoms with Crippen molar-refractivity contribution in [2.75, 3.05) is 65.4 Å². The molecule has 24 heavy (non-hydrogen) atoms. The fourth-order valence-electron chi connectivity index (χ4n) is 2.49. The molecule has 0 unspecified atom stereocenters. The van der Waals surface area contributed by atoms with Crippen molar-refractivity contribution in [2.45, 2.75) is 0 Å². The lowest BCUT2D eigenvalue weighted by molar-refractivity contribution is -0.140. The summed E-state index contributed by atoms with van der Waals surface area (Å²) < 4.78 is 5.15. The molecule has 7 nitrogen and oxygen atoms in total. The first-order chi connectivity index (χ1) is 11.5. The number of methoxy groups -OCH3 is 1. The number of anilines is 1. The number of rotatable bonds is 7. The standard InChI is InChI=1S/C17H26N4O3/c1-19(14-4-6-15(24-3)7-5-14)10-11-20(2)17(23)13-21-9-8-18-12-16(21)22/h4-7,18H,8-13H2,1-3H3. The number of likely N-dealkylation sites (N-methyl/N-ethyl adjacent to an activating group) is 2. The zero-order valence-electron chi connectivity index (χ0n) is 14.6. The second-order valence-corrected chi connectivity index (χ2v) is 5.93. The van der Waals surface area contributed by atoms with Crippen molar-refractivity contribution >= 4 is 17.5 Å². The Morgan fingerprint density at radius 2 is 1.96 bits per heavy atom. The number of hydrogen-bond acceptors (Lipinski definition) is 5. The molecule has 0 radical (unpaired) electrons. The Kier molecular flexibility index (Phi) is 6.43. The zero-order valence-corrected chi connectivity index (χ0v) is 14.6. The third kappa shape index (κ3) is 4.86. The first-order valence-electron chi connectivity index (χ1n) is 8.09. The topological polar surface area (TPSA) is 65.1 Å². The van der Waals surface area contributed by atoms with Crippen LogP contribution in [-0.4, -0.2) is 82.1 Å². The third-order valence-corrected chi connectivity index (χ3v) is 4.22. The lowest BCUT2D eigenvalue weighted by Crippen LogP contribution is -2.51. The summed E-state index contributed by atoms with van der Waals surface area (Å²) >= 11 is 0. The maximum atomic E-state index is 12.3. The highest BCUT2D eigenvalue weighted by Gasteiger charge is 2.21. The highest BCUT2D eigenvalue weighted by molar-refractivity contribution is 5.86. The molecular weight excluding hydrogens is 308 g/mol. The second-order valence-electron chi connectivity index (χ2n) is 5.93. The molecule has 1 N–H and O–H groups in total. The van der Waals surface area contributed by atoms with Gasteiger partial charge in [0.1, 0.15) is 5.75 Å². The van der Waals surface area contributed by atoms with Crippen LogP contribution >= 0.6 is 0 Å². The van der Waals surface area contributed by atoms with E-state index in [9.17, 15) is 9.59 Å². The number of amides is 2. The molecule has 0 aliphatic carbocycles. The lowest BCUT2D eigenvalue weighted by Gasteiger charge is -2.29. The number of nitrogens with zero attached hydrogens (tertiary/aromatic N) is 3. The number of piperazine rings is 1. The van der Waals surface area contributed by atoms with E-state index in [-0.39, 0.29) is 18.4 Å². The van der Waals surface area contributed by atoms with Crippen LogP contribution in [0.25, 0.3) is 0 Å². The average Bonchev–Trinajstić information content (AvgIpc) is 2.61. The van der Waals surface area contributed by atoms with Crippen molar-refractivity contribution < 1.29 is 14.3 Å². The van der Waals surface area contributed by atoms with Crippen LogP contribution < -0.4 is 15.0 Å². The molecule has 2 amide bonds. The Labute approximate surface area is 143 Å². The first kappa shape index (κ1) is 18.1. The molecule has 1 heterocycles. The molecule has 1 saturated heterocycles. The zero-order chi connectivity index (χ0) is 17.5. The van der Waals surface area contributed by atoms with Crippen LogP contribution in [0.1, 0.15) is 0 Å². The van der Waals surface area contributed by atoms with E-state index >= 15 is 0 Å². The summed E-state index contributed by atoms with van der Waals surface area (Å²) in [6.45, 7) is 3.11. The Hall–Kier alpha value is -2.28. The molecule has 2 rings (SSSR count). The van der Waals surface area contributed by atoms with Crippen molar-refractivity contribution in [3.63, 3.8) is 0 Å². The van der Waals surface area contributed by atoms with Gasteiger partial charge in [0, 0.05) is 46.0 Å². The summed E-state index contributed by atoms with van der Waals surface area (Å²) in [7, 11) is 5.40. The molecule has 1 aliphatic heterocycles. The van der Waals surface area contributed by atoms with Gasteiger partial charge in [-0.25, -0.2) is 0 Å². The van der Waals surface area contributed by atoms with Gasteiger partial charge in [0.2, 0.25) is 11.8 Å². The van der Waals surface area contributed by atoms with Crippen LogP contribution in [0.2, 0.25) is 0 Å². The molecule has 1 aliphatic rings. The maximum Gasteiger partial charge on any atom is 0.241 e. The monoisotopic (exact) mass is 334 g/mol. The van der Waals surface area contributed by atoms with E-state index in [1.165, 1.54) is 0 Å². The number of carbonyl (C=O) groups excluding carboxylic acids is 2. The molecular formula is C17H26N4O3. The highest BCUT2D eigenvalue weighted by atomic mass is 16.5. The number of carbonyl (C=O) groups is 2. The van der Waals surface area contributed by atoms with E-state index in [1.54, 1.807) is 24.0 Å². The van der Waals surface area contributed by atoms with Crippen LogP contribution in [0.5, 0.6) is 5.75 Å². The minimum Gasteiger partial charge on any atom is -0.497 e. The fraction of sp³-hybridized carbons (Fsp3) is 0.529. The summed E-state index contributed by atoms with van der Waals surface area (Å²) in [4.78, 5) is 29.4. The van der Waals surface area contributed by atoms with Gasteiger partial charge in [0.25, 0.3) is 0 Å². The molecule has 0 spiro atoms. The Bertz CT molecular complexity index is 561. The van der Waals surface area contributed by atoms with E-state index < -0.39 is 0 Å². The molecule has 1 aromatic rings. The molecule has 1 aromatic carbocycles. The summed E-state index contributed by atoms with van der Waals surface area (Å²) in [5.41, 5.74) is 1.06. The predicted octanol–water partition coefficient (Wildman–Crippen LogP) is 0.0216. The van der Waals surface area contributed by atoms with Crippen LogP contribution in [0.4, 0.5) is 5.69 Å². The van der Waals surface area contributed by atoms with Crippen LogP contribution in [0.3, 0.4) is 0 Å². The second kappa shape index (κ2) is 8.54. The molecule has 0 atom stereocenters. The smallest absolute Gasteiger partial charge is 0.241 e. The van der Waals surface area contributed by atoms with E-state index in [0.717, 1.165) is 18.0 Å². The first-order valence-corrected chi connectivity index (χ1v) is 8.09. The fourth-order valence-corrected chi connectivity index (χ4v) is 2.49. The number of benzene rings is 1. The van der Waals surface area contributed by atoms with Crippen molar-refractivity contribution in [1.82, 2.24) is 15.1 Å². The Morgan fingerprint density at radius 3 is 2.58 bits per heavy atom. The Balaban J connectivity index is 1.79. The molecule has 0 aromatic heterocycles. The number of ether oxygens (including phenoxy) is 1. The Morgan fingerprint density at radius 1 is 1.25 bits per heavy atom. The quantitative estimate of drug-likeness (QED) is 0.762. The largest absolute Gasteiger partial charge is 0.497 e. The van der Waals surface area contributed by atoms with Gasteiger partial charge < -0.3 is 24.8 Å². The summed E-state index contributed by atoms with van der Waals surface area (Å²) in [5, 5.41) is 3.00. The van der Waals surface area contributed by atoms with Crippen LogP contribution in [0, 0.1) is 0 Å². The van der Waals surface area contributed by atoms with Crippen LogP contribution in [-0.2, 0) is 9.59 Å². The summed E-state index contributed by atoms with van der Waals surface area (Å²) in [5.74, 6) is 0.770.